The highest BCUT2D eigenvalue weighted by atomic mass is 35.5. The third-order valence-corrected chi connectivity index (χ3v) is 6.02. The van der Waals surface area contributed by atoms with Crippen molar-refractivity contribution in [3.05, 3.63) is 87.7 Å². The van der Waals surface area contributed by atoms with E-state index in [4.69, 9.17) is 27.9 Å². The number of aromatic nitrogens is 2. The summed E-state index contributed by atoms with van der Waals surface area (Å²) in [6, 6.07) is 15.2. The number of rotatable bonds is 6. The van der Waals surface area contributed by atoms with E-state index in [9.17, 15) is 18.0 Å². The van der Waals surface area contributed by atoms with Gasteiger partial charge in [0, 0.05) is 10.6 Å². The zero-order valence-corrected chi connectivity index (χ0v) is 19.5. The van der Waals surface area contributed by atoms with Gasteiger partial charge < -0.3 is 4.74 Å². The first kappa shape index (κ1) is 24.1. The van der Waals surface area contributed by atoms with E-state index in [0.29, 0.717) is 29.2 Å². The Labute approximate surface area is 204 Å². The Morgan fingerprint density at radius 3 is 2.24 bits per heavy atom. The Morgan fingerprint density at radius 2 is 1.68 bits per heavy atom. The molecule has 1 aliphatic carbocycles. The molecule has 0 aliphatic heterocycles. The molecule has 0 amide bonds. The molecule has 0 saturated heterocycles. The predicted molar refractivity (Wildman–Crippen MR) is 126 cm³/mol. The highest BCUT2D eigenvalue weighted by Crippen LogP contribution is 2.37. The molecule has 2 aromatic carbocycles. The van der Waals surface area contributed by atoms with Crippen LogP contribution in [0.4, 0.5) is 13.2 Å². The Bertz CT molecular complexity index is 1270. The van der Waals surface area contributed by atoms with Crippen LogP contribution < -0.4 is 4.74 Å². The normalized spacial score (nSPS) is 14.2. The number of ketones is 1. The largest absolute Gasteiger partial charge is 0.487 e. The van der Waals surface area contributed by atoms with E-state index in [1.54, 1.807) is 30.3 Å². The number of halogens is 5. The van der Waals surface area contributed by atoms with E-state index in [2.05, 4.69) is 5.10 Å². The van der Waals surface area contributed by atoms with Crippen LogP contribution in [0.1, 0.15) is 41.5 Å². The maximum absolute atomic E-state index is 13.3. The Kier molecular flexibility index (Phi) is 6.86. The number of benzene rings is 2. The molecule has 3 aromatic rings. The van der Waals surface area contributed by atoms with Gasteiger partial charge in [0.1, 0.15) is 12.4 Å². The lowest BCUT2D eigenvalue weighted by Gasteiger charge is -2.17. The molecule has 4 rings (SSSR count). The minimum Gasteiger partial charge on any atom is -0.487 e. The molecule has 1 aromatic heterocycles. The number of carbonyl (C=O) groups excluding carboxylic acids is 1. The summed E-state index contributed by atoms with van der Waals surface area (Å²) in [5.74, 6) is 0.459. The van der Waals surface area contributed by atoms with Crippen molar-refractivity contribution in [1.29, 1.82) is 0 Å². The topological polar surface area (TPSA) is 44.1 Å². The van der Waals surface area contributed by atoms with Gasteiger partial charge in [0.25, 0.3) is 0 Å². The van der Waals surface area contributed by atoms with E-state index < -0.39 is 11.9 Å². The van der Waals surface area contributed by atoms with Crippen LogP contribution in [0.15, 0.2) is 70.7 Å². The summed E-state index contributed by atoms with van der Waals surface area (Å²) >= 11 is 12.5. The van der Waals surface area contributed by atoms with Crippen LogP contribution in [0.2, 0.25) is 0 Å². The average Bonchev–Trinajstić information content (AvgIpc) is 3.22. The summed E-state index contributed by atoms with van der Waals surface area (Å²) in [4.78, 5) is 11.4. The zero-order valence-electron chi connectivity index (χ0n) is 18.0. The van der Waals surface area contributed by atoms with Crippen LogP contribution in [0, 0.1) is 0 Å². The molecule has 0 radical (unpaired) electrons. The second kappa shape index (κ2) is 9.68. The summed E-state index contributed by atoms with van der Waals surface area (Å²) in [6.07, 6.45) is -1.87. The molecule has 0 unspecified atom stereocenters. The van der Waals surface area contributed by atoms with E-state index in [0.717, 1.165) is 21.9 Å². The molecule has 0 N–H and O–H groups in total. The summed E-state index contributed by atoms with van der Waals surface area (Å²) in [5, 5.41) is 4.30. The van der Waals surface area contributed by atoms with Crippen molar-refractivity contribution >= 4 is 34.7 Å². The summed E-state index contributed by atoms with van der Waals surface area (Å²) in [7, 11) is 0. The first-order chi connectivity index (χ1) is 16.1. The van der Waals surface area contributed by atoms with E-state index in [1.807, 2.05) is 24.3 Å². The van der Waals surface area contributed by atoms with Gasteiger partial charge >= 0.3 is 6.18 Å². The van der Waals surface area contributed by atoms with Gasteiger partial charge in [-0.15, -0.1) is 0 Å². The third-order valence-electron chi connectivity index (χ3n) is 5.32. The molecule has 0 bridgehead atoms. The second-order valence-corrected chi connectivity index (χ2v) is 8.58. The fourth-order valence-corrected chi connectivity index (χ4v) is 4.18. The maximum Gasteiger partial charge on any atom is 0.435 e. The minimum atomic E-state index is -4.63. The van der Waals surface area contributed by atoms with Crippen LogP contribution in [0.5, 0.6) is 5.75 Å². The van der Waals surface area contributed by atoms with Gasteiger partial charge in [0.15, 0.2) is 11.5 Å². The van der Waals surface area contributed by atoms with Crippen molar-refractivity contribution in [3.63, 3.8) is 0 Å². The first-order valence-electron chi connectivity index (χ1n) is 10.4. The smallest absolute Gasteiger partial charge is 0.435 e. The van der Waals surface area contributed by atoms with Crippen molar-refractivity contribution in [2.24, 2.45) is 0 Å². The Hall–Kier alpha value is -3.03. The molecule has 0 spiro atoms. The SMILES string of the molecule is CC(=O)c1ccc(-c2ccc(OCc3cc(C(F)(F)F)nn3C3=C(Cl)CCC=C3Cl)cc2)cc1. The fourth-order valence-electron chi connectivity index (χ4n) is 3.54. The van der Waals surface area contributed by atoms with E-state index in [1.165, 1.54) is 6.92 Å². The van der Waals surface area contributed by atoms with Crippen LogP contribution in [0.25, 0.3) is 16.8 Å². The lowest BCUT2D eigenvalue weighted by atomic mass is 10.0. The second-order valence-electron chi connectivity index (χ2n) is 7.72. The lowest BCUT2D eigenvalue weighted by molar-refractivity contribution is -0.141. The van der Waals surface area contributed by atoms with Crippen LogP contribution >= 0.6 is 23.2 Å². The average molecular weight is 507 g/mol. The van der Waals surface area contributed by atoms with Crippen molar-refractivity contribution < 1.29 is 22.7 Å². The van der Waals surface area contributed by atoms with Crippen LogP contribution in [-0.2, 0) is 12.8 Å². The predicted octanol–water partition coefficient (Wildman–Crippen LogP) is 7.67. The molecule has 34 heavy (non-hydrogen) atoms. The number of hydrogen-bond donors (Lipinski definition) is 0. The van der Waals surface area contributed by atoms with Gasteiger partial charge in [-0.25, -0.2) is 4.68 Å². The highest BCUT2D eigenvalue weighted by molar-refractivity contribution is 6.40. The van der Waals surface area contributed by atoms with Crippen LogP contribution in [0.3, 0.4) is 0 Å². The number of carbonyl (C=O) groups is 1. The monoisotopic (exact) mass is 506 g/mol. The Morgan fingerprint density at radius 1 is 1.06 bits per heavy atom. The molecule has 1 aliphatic rings. The number of Topliss-reactive ketones (excluding diaryl/α,β-unsaturated/α-hetero) is 1. The molecule has 9 heteroatoms. The number of alkyl halides is 3. The maximum atomic E-state index is 13.3. The van der Waals surface area contributed by atoms with Gasteiger partial charge in [-0.2, -0.15) is 18.3 Å². The van der Waals surface area contributed by atoms with Gasteiger partial charge in [-0.3, -0.25) is 4.79 Å². The molecule has 4 nitrogen and oxygen atoms in total. The van der Waals surface area contributed by atoms with Crippen molar-refractivity contribution in [2.75, 3.05) is 0 Å². The molecular weight excluding hydrogens is 488 g/mol. The number of ether oxygens (including phenoxy) is 1. The minimum absolute atomic E-state index is 0.00900. The molecule has 0 saturated carbocycles. The number of hydrogen-bond acceptors (Lipinski definition) is 3. The molecule has 0 fully saturated rings. The van der Waals surface area contributed by atoms with Crippen LogP contribution in [-0.4, -0.2) is 15.6 Å². The van der Waals surface area contributed by atoms with E-state index in [-0.39, 0.29) is 28.8 Å². The first-order valence-corrected chi connectivity index (χ1v) is 11.1. The van der Waals surface area contributed by atoms with Gasteiger partial charge in [0.05, 0.1) is 16.4 Å². The van der Waals surface area contributed by atoms with Crippen molar-refractivity contribution in [3.8, 4) is 16.9 Å². The van der Waals surface area contributed by atoms with Crippen molar-refractivity contribution in [1.82, 2.24) is 9.78 Å². The van der Waals surface area contributed by atoms with Gasteiger partial charge in [-0.05, 0) is 49.1 Å². The summed E-state index contributed by atoms with van der Waals surface area (Å²) < 4.78 is 46.9. The molecule has 0 atom stereocenters. The standard InChI is InChI=1S/C25H19Cl2F3N2O2/c1-15(33)16-5-7-17(8-6-16)18-9-11-20(12-10-18)34-14-19-13-23(25(28,29)30)31-32(19)24-21(26)3-2-4-22(24)27/h3,5-13H,2,4,14H2,1H3. The van der Waals surface area contributed by atoms with Gasteiger partial charge in [0.2, 0.25) is 0 Å². The third kappa shape index (κ3) is 5.21. The number of nitrogens with zero attached hydrogens (tertiary/aromatic N) is 2. The molecule has 1 heterocycles. The van der Waals surface area contributed by atoms with E-state index >= 15 is 0 Å². The fraction of sp³-hybridized carbons (Fsp3) is 0.200. The Balaban J connectivity index is 1.56. The lowest BCUT2D eigenvalue weighted by Crippen LogP contribution is -2.12. The zero-order chi connectivity index (χ0) is 24.5. The molecular formula is C25H19Cl2F3N2O2. The summed E-state index contributed by atoms with van der Waals surface area (Å²) in [6.45, 7) is 1.33. The number of allylic oxidation sites excluding steroid dienone is 4. The quantitative estimate of drug-likeness (QED) is 0.322. The van der Waals surface area contributed by atoms with Crippen molar-refractivity contribution in [2.45, 2.75) is 32.5 Å². The summed E-state index contributed by atoms with van der Waals surface area (Å²) in [5.41, 5.74) is 1.79. The van der Waals surface area contributed by atoms with Gasteiger partial charge in [-0.1, -0.05) is 65.7 Å². The molecule has 176 valence electrons. The highest BCUT2D eigenvalue weighted by Gasteiger charge is 2.36.